The first kappa shape index (κ1) is 15.3. The maximum absolute atomic E-state index is 10.3. The Morgan fingerprint density at radius 2 is 2.05 bits per heavy atom. The number of carbonyl (C=O) groups is 1. The number of ether oxygens (including phenoxy) is 1. The monoisotopic (exact) mass is 277 g/mol. The van der Waals surface area contributed by atoms with Gasteiger partial charge in [0, 0.05) is 0 Å². The number of aliphatic hydroxyl groups excluding tert-OH is 4. The molecule has 1 aliphatic rings. The van der Waals surface area contributed by atoms with Gasteiger partial charge in [0.1, 0.15) is 18.3 Å². The summed E-state index contributed by atoms with van der Waals surface area (Å²) in [5, 5.41) is 43.6. The van der Waals surface area contributed by atoms with Crippen LogP contribution in [0.2, 0.25) is 0 Å². The van der Waals surface area contributed by atoms with E-state index in [0.717, 1.165) is 0 Å². The summed E-state index contributed by atoms with van der Waals surface area (Å²) in [5.74, 6) is -1.08. The molecule has 1 unspecified atom stereocenters. The lowest BCUT2D eigenvalue weighted by atomic mass is 10.1. The normalized spacial score (nSPS) is 29.7. The largest absolute Gasteiger partial charge is 0.492 e. The quantitative estimate of drug-likeness (QED) is 0.292. The average molecular weight is 277 g/mol. The van der Waals surface area contributed by atoms with E-state index in [1.54, 1.807) is 0 Å². The van der Waals surface area contributed by atoms with Crippen molar-refractivity contribution in [3.63, 3.8) is 0 Å². The van der Waals surface area contributed by atoms with Crippen LogP contribution < -0.4 is 5.73 Å². The lowest BCUT2D eigenvalue weighted by Gasteiger charge is -2.09. The van der Waals surface area contributed by atoms with Crippen LogP contribution in [-0.2, 0) is 4.74 Å². The predicted octanol–water partition coefficient (Wildman–Crippen LogP) is -3.37. The molecule has 1 aromatic rings. The van der Waals surface area contributed by atoms with Crippen molar-refractivity contribution in [1.29, 1.82) is 0 Å². The number of imidazole rings is 1. The van der Waals surface area contributed by atoms with Gasteiger partial charge >= 0.3 is 0 Å². The number of amides is 1. The molecule has 1 aliphatic heterocycles. The molecule has 108 valence electrons. The number of carbonyl (C=O) groups excluding carboxylic acids is 1. The average Bonchev–Trinajstić information content (AvgIpc) is 2.89. The lowest BCUT2D eigenvalue weighted by molar-refractivity contribution is -0.132. The fraction of sp³-hybridized carbons (Fsp3) is 0.556. The number of hydrogen-bond acceptors (Lipinski definition) is 8. The summed E-state index contributed by atoms with van der Waals surface area (Å²) >= 11 is 0. The second-order valence-electron chi connectivity index (χ2n) is 3.69. The van der Waals surface area contributed by atoms with Crippen molar-refractivity contribution < 1.29 is 35.1 Å². The molecule has 1 saturated heterocycles. The summed E-state index contributed by atoms with van der Waals surface area (Å²) in [6.45, 7) is -0.407. The van der Waals surface area contributed by atoms with Gasteiger partial charge in [-0.25, -0.2) is 4.98 Å². The molecule has 8 N–H and O–H groups in total. The van der Waals surface area contributed by atoms with Crippen LogP contribution >= 0.6 is 0 Å². The molecule has 1 fully saturated rings. The SMILES string of the molecule is NC(=O)c1[nH]cnc1O.OC[C@H]1OC(O)[C@H](O)[C@@H]1O. The standard InChI is InChI=1S/C5H10O5.C4H5N3O2/c6-1-2-3(7)4(8)5(9)10-2;5-3(8)2-4(9)7-1-6-2/h2-9H,1H2;1,9H,(H2,5,8)(H,6,7)/t2-,3-,4-,5?;/m1./s1. The molecule has 0 aliphatic carbocycles. The van der Waals surface area contributed by atoms with Crippen LogP contribution in [0, 0.1) is 0 Å². The summed E-state index contributed by atoms with van der Waals surface area (Å²) in [7, 11) is 0. The third-order valence-electron chi connectivity index (χ3n) is 2.38. The fourth-order valence-corrected chi connectivity index (χ4v) is 1.35. The van der Waals surface area contributed by atoms with Crippen molar-refractivity contribution in [2.24, 2.45) is 5.73 Å². The van der Waals surface area contributed by atoms with Gasteiger partial charge in [-0.2, -0.15) is 0 Å². The number of hydrogen-bond donors (Lipinski definition) is 7. The van der Waals surface area contributed by atoms with Crippen molar-refractivity contribution in [3.05, 3.63) is 12.0 Å². The van der Waals surface area contributed by atoms with Gasteiger partial charge in [-0.3, -0.25) is 4.79 Å². The Labute approximate surface area is 107 Å². The van der Waals surface area contributed by atoms with Crippen LogP contribution in [-0.4, -0.2) is 72.6 Å². The minimum Gasteiger partial charge on any atom is -0.492 e. The Balaban J connectivity index is 0.000000191. The van der Waals surface area contributed by atoms with Crippen LogP contribution in [0.3, 0.4) is 0 Å². The molecule has 0 aromatic carbocycles. The van der Waals surface area contributed by atoms with Crippen molar-refractivity contribution in [3.8, 4) is 5.88 Å². The van der Waals surface area contributed by atoms with E-state index in [1.165, 1.54) is 6.33 Å². The number of primary amides is 1. The maximum Gasteiger partial charge on any atom is 0.270 e. The van der Waals surface area contributed by atoms with Crippen LogP contribution in [0.25, 0.3) is 0 Å². The van der Waals surface area contributed by atoms with Crippen molar-refractivity contribution in [2.75, 3.05) is 6.61 Å². The molecule has 10 nitrogen and oxygen atoms in total. The highest BCUT2D eigenvalue weighted by molar-refractivity contribution is 5.92. The topological polar surface area (TPSA) is 182 Å². The molecule has 10 heteroatoms. The van der Waals surface area contributed by atoms with Gasteiger partial charge in [0.15, 0.2) is 12.0 Å². The molecular formula is C9H15N3O7. The third kappa shape index (κ3) is 3.62. The second kappa shape index (κ2) is 6.45. The number of rotatable bonds is 2. The molecule has 0 saturated carbocycles. The van der Waals surface area contributed by atoms with Crippen LogP contribution in [0.15, 0.2) is 6.33 Å². The zero-order valence-corrected chi connectivity index (χ0v) is 9.67. The minimum absolute atomic E-state index is 0.0602. The Kier molecular flexibility index (Phi) is 5.20. The summed E-state index contributed by atoms with van der Waals surface area (Å²) in [6, 6.07) is 0. The van der Waals surface area contributed by atoms with Crippen molar-refractivity contribution in [1.82, 2.24) is 9.97 Å². The van der Waals surface area contributed by atoms with E-state index in [2.05, 4.69) is 14.7 Å². The Bertz CT molecular complexity index is 424. The molecule has 1 amide bonds. The molecule has 2 rings (SSSR count). The minimum atomic E-state index is -1.38. The molecule has 2 heterocycles. The number of nitrogens with one attached hydrogen (secondary N) is 1. The maximum atomic E-state index is 10.3. The van der Waals surface area contributed by atoms with Crippen LogP contribution in [0.4, 0.5) is 0 Å². The molecule has 1 aromatic heterocycles. The van der Waals surface area contributed by atoms with E-state index in [4.69, 9.17) is 31.3 Å². The molecule has 4 atom stereocenters. The highest BCUT2D eigenvalue weighted by Gasteiger charge is 2.41. The van der Waals surface area contributed by atoms with Crippen LogP contribution in [0.5, 0.6) is 5.88 Å². The Hall–Kier alpha value is -1.72. The van der Waals surface area contributed by atoms with Gasteiger partial charge in [0.2, 0.25) is 5.88 Å². The number of aromatic amines is 1. The van der Waals surface area contributed by atoms with Gasteiger partial charge in [-0.05, 0) is 0 Å². The smallest absolute Gasteiger partial charge is 0.270 e. The third-order valence-corrected chi connectivity index (χ3v) is 2.38. The molecule has 19 heavy (non-hydrogen) atoms. The van der Waals surface area contributed by atoms with E-state index in [0.29, 0.717) is 0 Å². The number of H-pyrrole nitrogens is 1. The van der Waals surface area contributed by atoms with E-state index >= 15 is 0 Å². The summed E-state index contributed by atoms with van der Waals surface area (Å²) in [6.07, 6.45) is -3.57. The first-order chi connectivity index (χ1) is 8.88. The summed E-state index contributed by atoms with van der Waals surface area (Å²) in [4.78, 5) is 16.0. The van der Waals surface area contributed by atoms with E-state index in [9.17, 15) is 4.79 Å². The van der Waals surface area contributed by atoms with Gasteiger partial charge in [0.25, 0.3) is 5.91 Å². The number of aromatic hydroxyl groups is 1. The number of nitrogens with zero attached hydrogens (tertiary/aromatic N) is 1. The number of nitrogens with two attached hydrogens (primary N) is 1. The van der Waals surface area contributed by atoms with Gasteiger partial charge in [-0.1, -0.05) is 0 Å². The fourth-order valence-electron chi connectivity index (χ4n) is 1.35. The van der Waals surface area contributed by atoms with E-state index in [1.807, 2.05) is 0 Å². The predicted molar refractivity (Wildman–Crippen MR) is 58.7 cm³/mol. The summed E-state index contributed by atoms with van der Waals surface area (Å²) in [5.41, 5.74) is 4.73. The van der Waals surface area contributed by atoms with Gasteiger partial charge < -0.3 is 41.0 Å². The Morgan fingerprint density at radius 1 is 1.42 bits per heavy atom. The van der Waals surface area contributed by atoms with Gasteiger partial charge in [-0.15, -0.1) is 0 Å². The second-order valence-corrected chi connectivity index (χ2v) is 3.69. The molecule has 0 bridgehead atoms. The first-order valence-corrected chi connectivity index (χ1v) is 5.21. The highest BCUT2D eigenvalue weighted by atomic mass is 16.6. The first-order valence-electron chi connectivity index (χ1n) is 5.21. The van der Waals surface area contributed by atoms with E-state index < -0.39 is 37.1 Å². The van der Waals surface area contributed by atoms with Crippen molar-refractivity contribution >= 4 is 5.91 Å². The number of aliphatic hydroxyl groups is 4. The number of aromatic nitrogens is 2. The summed E-state index contributed by atoms with van der Waals surface area (Å²) < 4.78 is 4.54. The van der Waals surface area contributed by atoms with Crippen molar-refractivity contribution in [2.45, 2.75) is 24.6 Å². The van der Waals surface area contributed by atoms with Gasteiger partial charge in [0.05, 0.1) is 12.9 Å². The molecule has 0 spiro atoms. The lowest BCUT2D eigenvalue weighted by Crippen LogP contribution is -2.33. The van der Waals surface area contributed by atoms with Crippen LogP contribution in [0.1, 0.15) is 10.5 Å². The molecular weight excluding hydrogens is 262 g/mol. The molecule has 0 radical (unpaired) electrons. The Morgan fingerprint density at radius 3 is 2.26 bits per heavy atom. The highest BCUT2D eigenvalue weighted by Crippen LogP contribution is 2.18. The zero-order valence-electron chi connectivity index (χ0n) is 9.67. The zero-order chi connectivity index (χ0) is 14.6. The van der Waals surface area contributed by atoms with E-state index in [-0.39, 0.29) is 11.6 Å².